The molecule has 2 aliphatic heterocycles. The lowest BCUT2D eigenvalue weighted by Gasteiger charge is -2.37. The van der Waals surface area contributed by atoms with E-state index in [-0.39, 0.29) is 23.1 Å². The molecule has 8 heteroatoms. The Bertz CT molecular complexity index is 1080. The molecule has 2 aromatic rings. The SMILES string of the molecule is CCCN1C(=O)CC2(CCN(Cc3cc4cnc(C#N)nc4n3CC(C)(C)C)CC2)C1=O. The second kappa shape index (κ2) is 8.28. The fraction of sp³-hybridized carbons (Fsp3) is 0.625. The van der Waals surface area contributed by atoms with E-state index in [1.54, 1.807) is 6.20 Å². The van der Waals surface area contributed by atoms with Gasteiger partial charge in [0.2, 0.25) is 17.6 Å². The van der Waals surface area contributed by atoms with Crippen molar-refractivity contribution in [2.24, 2.45) is 10.8 Å². The van der Waals surface area contributed by atoms with E-state index in [1.807, 2.05) is 13.0 Å². The number of aromatic nitrogens is 3. The third kappa shape index (κ3) is 4.14. The zero-order valence-corrected chi connectivity index (χ0v) is 19.5. The molecule has 0 bridgehead atoms. The van der Waals surface area contributed by atoms with Gasteiger partial charge in [-0.05, 0) is 43.8 Å². The van der Waals surface area contributed by atoms with E-state index in [2.05, 4.69) is 46.3 Å². The molecule has 4 rings (SSSR count). The monoisotopic (exact) mass is 436 g/mol. The van der Waals surface area contributed by atoms with Gasteiger partial charge in [0, 0.05) is 43.3 Å². The first-order chi connectivity index (χ1) is 15.2. The van der Waals surface area contributed by atoms with Crippen LogP contribution in [0.5, 0.6) is 0 Å². The second-order valence-corrected chi connectivity index (χ2v) is 10.5. The lowest BCUT2D eigenvalue weighted by Crippen LogP contribution is -2.44. The van der Waals surface area contributed by atoms with Crippen LogP contribution in [0.15, 0.2) is 12.3 Å². The summed E-state index contributed by atoms with van der Waals surface area (Å²) in [6, 6.07) is 4.15. The lowest BCUT2D eigenvalue weighted by atomic mass is 9.77. The molecular weight excluding hydrogens is 404 g/mol. The minimum absolute atomic E-state index is 0.0116. The number of piperidine rings is 1. The summed E-state index contributed by atoms with van der Waals surface area (Å²) in [4.78, 5) is 37.8. The maximum absolute atomic E-state index is 13.0. The van der Waals surface area contributed by atoms with Crippen LogP contribution < -0.4 is 0 Å². The molecule has 8 nitrogen and oxygen atoms in total. The number of carbonyl (C=O) groups is 2. The summed E-state index contributed by atoms with van der Waals surface area (Å²) in [5.41, 5.74) is 1.47. The van der Waals surface area contributed by atoms with Crippen LogP contribution in [0.3, 0.4) is 0 Å². The molecule has 2 aromatic heterocycles. The Balaban J connectivity index is 1.54. The summed E-state index contributed by atoms with van der Waals surface area (Å²) in [6.07, 6.45) is 4.32. The predicted molar refractivity (Wildman–Crippen MR) is 120 cm³/mol. The van der Waals surface area contributed by atoms with E-state index in [9.17, 15) is 14.9 Å². The predicted octanol–water partition coefficient (Wildman–Crippen LogP) is 3.10. The van der Waals surface area contributed by atoms with E-state index in [0.717, 1.165) is 62.2 Å². The number of imide groups is 1. The maximum Gasteiger partial charge on any atom is 0.236 e. The van der Waals surface area contributed by atoms with Crippen molar-refractivity contribution in [3.8, 4) is 6.07 Å². The topological polar surface area (TPSA) is 95.1 Å². The zero-order chi connectivity index (χ0) is 23.1. The highest BCUT2D eigenvalue weighted by molar-refractivity contribution is 6.05. The molecule has 0 atom stereocenters. The van der Waals surface area contributed by atoms with Crippen LogP contribution in [0.2, 0.25) is 0 Å². The van der Waals surface area contributed by atoms with E-state index in [1.165, 1.54) is 4.90 Å². The summed E-state index contributed by atoms with van der Waals surface area (Å²) < 4.78 is 2.20. The summed E-state index contributed by atoms with van der Waals surface area (Å²) in [7, 11) is 0. The Labute approximate surface area is 189 Å². The van der Waals surface area contributed by atoms with Crippen molar-refractivity contribution in [2.75, 3.05) is 19.6 Å². The molecule has 0 unspecified atom stereocenters. The average molecular weight is 437 g/mol. The van der Waals surface area contributed by atoms with Gasteiger partial charge in [0.05, 0.1) is 5.41 Å². The van der Waals surface area contributed by atoms with Crippen molar-refractivity contribution in [3.63, 3.8) is 0 Å². The van der Waals surface area contributed by atoms with Crippen LogP contribution in [0.25, 0.3) is 11.0 Å². The number of hydrogen-bond acceptors (Lipinski definition) is 6. The molecule has 4 heterocycles. The molecule has 1 spiro atoms. The van der Waals surface area contributed by atoms with Gasteiger partial charge in [-0.1, -0.05) is 27.7 Å². The van der Waals surface area contributed by atoms with E-state index in [0.29, 0.717) is 13.0 Å². The number of nitrogens with zero attached hydrogens (tertiary/aromatic N) is 6. The molecule has 0 aromatic carbocycles. The standard InChI is InChI=1S/C24H32N6O2/c1-5-8-29-20(31)12-24(22(29)32)6-9-28(10-7-24)15-18-11-17-14-26-19(13-25)27-21(17)30(18)16-23(2,3)4/h11,14H,5-10,12,15-16H2,1-4H3. The van der Waals surface area contributed by atoms with Gasteiger partial charge in [0.15, 0.2) is 0 Å². The fourth-order valence-corrected chi connectivity index (χ4v) is 5.00. The molecular formula is C24H32N6O2. The average Bonchev–Trinajstić information content (AvgIpc) is 3.18. The molecule has 0 saturated carbocycles. The molecule has 0 radical (unpaired) electrons. The Kier molecular flexibility index (Phi) is 5.80. The van der Waals surface area contributed by atoms with Crippen LogP contribution in [0, 0.1) is 22.2 Å². The minimum atomic E-state index is -0.506. The smallest absolute Gasteiger partial charge is 0.236 e. The maximum atomic E-state index is 13.0. The summed E-state index contributed by atoms with van der Waals surface area (Å²) in [6.45, 7) is 12.2. The van der Waals surface area contributed by atoms with Gasteiger partial charge < -0.3 is 4.57 Å². The fourth-order valence-electron chi connectivity index (χ4n) is 5.00. The first kappa shape index (κ1) is 22.4. The lowest BCUT2D eigenvalue weighted by molar-refractivity contribution is -0.142. The highest BCUT2D eigenvalue weighted by Gasteiger charge is 2.52. The molecule has 2 aliphatic rings. The zero-order valence-electron chi connectivity index (χ0n) is 19.5. The molecule has 0 N–H and O–H groups in total. The van der Waals surface area contributed by atoms with Crippen LogP contribution in [-0.2, 0) is 22.7 Å². The van der Waals surface area contributed by atoms with Crippen LogP contribution in [0.4, 0.5) is 0 Å². The van der Waals surface area contributed by atoms with Crippen molar-refractivity contribution < 1.29 is 9.59 Å². The van der Waals surface area contributed by atoms with Gasteiger partial charge in [-0.3, -0.25) is 19.4 Å². The third-order valence-electron chi connectivity index (χ3n) is 6.59. The van der Waals surface area contributed by atoms with Crippen molar-refractivity contribution in [1.29, 1.82) is 5.26 Å². The van der Waals surface area contributed by atoms with E-state index in [4.69, 9.17) is 0 Å². The van der Waals surface area contributed by atoms with Crippen LogP contribution in [-0.4, -0.2) is 55.8 Å². The quantitative estimate of drug-likeness (QED) is 0.669. The number of carbonyl (C=O) groups excluding carboxylic acids is 2. The molecule has 2 fully saturated rings. The van der Waals surface area contributed by atoms with Crippen molar-refractivity contribution >= 4 is 22.8 Å². The highest BCUT2D eigenvalue weighted by atomic mass is 16.2. The number of fused-ring (bicyclic) bond motifs is 1. The number of nitriles is 1. The molecule has 170 valence electrons. The first-order valence-corrected chi connectivity index (χ1v) is 11.5. The van der Waals surface area contributed by atoms with Gasteiger partial charge >= 0.3 is 0 Å². The number of rotatable bonds is 5. The Morgan fingerprint density at radius 3 is 2.56 bits per heavy atom. The summed E-state index contributed by atoms with van der Waals surface area (Å²) >= 11 is 0. The van der Waals surface area contributed by atoms with Crippen LogP contribution >= 0.6 is 0 Å². The molecule has 0 aliphatic carbocycles. The van der Waals surface area contributed by atoms with Crippen LogP contribution in [0.1, 0.15) is 64.9 Å². The number of likely N-dealkylation sites (tertiary alicyclic amines) is 2. The molecule has 2 saturated heterocycles. The Morgan fingerprint density at radius 1 is 1.22 bits per heavy atom. The highest BCUT2D eigenvalue weighted by Crippen LogP contribution is 2.42. The van der Waals surface area contributed by atoms with E-state index >= 15 is 0 Å². The van der Waals surface area contributed by atoms with E-state index < -0.39 is 5.41 Å². The largest absolute Gasteiger partial charge is 0.328 e. The summed E-state index contributed by atoms with van der Waals surface area (Å²) in [5, 5.41) is 10.2. The molecule has 2 amide bonds. The van der Waals surface area contributed by atoms with Crippen molar-refractivity contribution in [3.05, 3.63) is 23.8 Å². The minimum Gasteiger partial charge on any atom is -0.328 e. The van der Waals surface area contributed by atoms with Gasteiger partial charge in [0.1, 0.15) is 11.7 Å². The number of amides is 2. The van der Waals surface area contributed by atoms with Gasteiger partial charge in [-0.2, -0.15) is 5.26 Å². The third-order valence-corrected chi connectivity index (χ3v) is 6.59. The normalized spacial score (nSPS) is 19.3. The van der Waals surface area contributed by atoms with Gasteiger partial charge in [-0.15, -0.1) is 0 Å². The molecule has 32 heavy (non-hydrogen) atoms. The number of hydrogen-bond donors (Lipinski definition) is 0. The van der Waals surface area contributed by atoms with Crippen molar-refractivity contribution in [2.45, 2.75) is 66.5 Å². The second-order valence-electron chi connectivity index (χ2n) is 10.5. The first-order valence-electron chi connectivity index (χ1n) is 11.5. The van der Waals surface area contributed by atoms with Crippen molar-refractivity contribution in [1.82, 2.24) is 24.3 Å². The van der Waals surface area contributed by atoms with Gasteiger partial charge in [-0.25, -0.2) is 9.97 Å². The Morgan fingerprint density at radius 2 is 1.94 bits per heavy atom. The van der Waals surface area contributed by atoms with Gasteiger partial charge in [0.25, 0.3) is 0 Å². The summed E-state index contributed by atoms with van der Waals surface area (Å²) in [5.74, 6) is 0.200. The Hall–Kier alpha value is -2.79.